The molecule has 25 heavy (non-hydrogen) atoms. The molecule has 3 heterocycles. The fraction of sp³-hybridized carbons (Fsp3) is 0.200. The molecule has 0 aliphatic carbocycles. The second-order valence-corrected chi connectivity index (χ2v) is 6.32. The summed E-state index contributed by atoms with van der Waals surface area (Å²) in [5.41, 5.74) is 3.04. The molecular formula is C15H13N7O2S. The second-order valence-electron chi connectivity index (χ2n) is 5.38. The second kappa shape index (κ2) is 6.13. The lowest BCUT2D eigenvalue weighted by Crippen LogP contribution is -2.15. The van der Waals surface area contributed by atoms with E-state index < -0.39 is 0 Å². The van der Waals surface area contributed by atoms with E-state index in [1.54, 1.807) is 6.92 Å². The van der Waals surface area contributed by atoms with Gasteiger partial charge < -0.3 is 9.88 Å². The van der Waals surface area contributed by atoms with Crippen LogP contribution in [0.15, 0.2) is 34.1 Å². The SMILES string of the molecule is Cc1nonc1NC(=O)CSc1nnc2c3ccccc3n(C)c2n1. The van der Waals surface area contributed by atoms with Crippen molar-refractivity contribution in [1.82, 2.24) is 30.1 Å². The first-order chi connectivity index (χ1) is 12.1. The molecule has 0 bridgehead atoms. The third-order valence-electron chi connectivity index (χ3n) is 3.73. The van der Waals surface area contributed by atoms with Gasteiger partial charge in [-0.15, -0.1) is 10.2 Å². The maximum atomic E-state index is 12.0. The average molecular weight is 355 g/mol. The summed E-state index contributed by atoms with van der Waals surface area (Å²) in [5.74, 6) is 0.196. The Labute approximate surface area is 145 Å². The van der Waals surface area contributed by atoms with Crippen molar-refractivity contribution in [1.29, 1.82) is 0 Å². The zero-order valence-electron chi connectivity index (χ0n) is 13.4. The van der Waals surface area contributed by atoms with E-state index in [9.17, 15) is 4.79 Å². The van der Waals surface area contributed by atoms with Crippen LogP contribution in [0, 0.1) is 6.92 Å². The number of carbonyl (C=O) groups excluding carboxylic acids is 1. The number of hydrogen-bond acceptors (Lipinski definition) is 8. The van der Waals surface area contributed by atoms with Crippen LogP contribution >= 0.6 is 11.8 Å². The number of anilines is 1. The van der Waals surface area contributed by atoms with Gasteiger partial charge in [-0.1, -0.05) is 35.1 Å². The van der Waals surface area contributed by atoms with Crippen molar-refractivity contribution in [3.63, 3.8) is 0 Å². The van der Waals surface area contributed by atoms with Gasteiger partial charge in [0.15, 0.2) is 11.5 Å². The highest BCUT2D eigenvalue weighted by Crippen LogP contribution is 2.25. The topological polar surface area (TPSA) is 112 Å². The number of para-hydroxylation sites is 1. The predicted octanol–water partition coefficient (Wildman–Crippen LogP) is 1.94. The molecule has 3 aromatic heterocycles. The summed E-state index contributed by atoms with van der Waals surface area (Å²) in [5, 5.41) is 19.7. The van der Waals surface area contributed by atoms with Gasteiger partial charge >= 0.3 is 0 Å². The summed E-state index contributed by atoms with van der Waals surface area (Å²) >= 11 is 1.20. The number of thioether (sulfide) groups is 1. The highest BCUT2D eigenvalue weighted by atomic mass is 32.2. The van der Waals surface area contributed by atoms with Crippen LogP contribution in [-0.4, -0.2) is 41.7 Å². The van der Waals surface area contributed by atoms with Gasteiger partial charge in [0.25, 0.3) is 0 Å². The quantitative estimate of drug-likeness (QED) is 0.553. The molecule has 10 heteroatoms. The fourth-order valence-electron chi connectivity index (χ4n) is 2.50. The van der Waals surface area contributed by atoms with Gasteiger partial charge in [-0.2, -0.15) is 0 Å². The highest BCUT2D eigenvalue weighted by Gasteiger charge is 2.14. The summed E-state index contributed by atoms with van der Waals surface area (Å²) < 4.78 is 6.51. The molecule has 0 fully saturated rings. The van der Waals surface area contributed by atoms with Crippen LogP contribution in [0.1, 0.15) is 5.69 Å². The van der Waals surface area contributed by atoms with Crippen LogP contribution in [0.5, 0.6) is 0 Å². The third kappa shape index (κ3) is 2.80. The van der Waals surface area contributed by atoms with Crippen molar-refractivity contribution < 1.29 is 9.42 Å². The minimum atomic E-state index is -0.246. The van der Waals surface area contributed by atoms with Crippen LogP contribution in [0.4, 0.5) is 5.82 Å². The molecule has 1 N–H and O–H groups in total. The van der Waals surface area contributed by atoms with Gasteiger partial charge in [0.05, 0.1) is 11.3 Å². The van der Waals surface area contributed by atoms with Crippen molar-refractivity contribution in [3.05, 3.63) is 30.0 Å². The van der Waals surface area contributed by atoms with Gasteiger partial charge in [0, 0.05) is 12.4 Å². The zero-order chi connectivity index (χ0) is 17.4. The summed E-state index contributed by atoms with van der Waals surface area (Å²) in [6.45, 7) is 1.69. The average Bonchev–Trinajstić information content (AvgIpc) is 3.15. The molecule has 0 saturated heterocycles. The number of fused-ring (bicyclic) bond motifs is 3. The van der Waals surface area contributed by atoms with E-state index in [1.807, 2.05) is 35.9 Å². The fourth-order valence-corrected chi connectivity index (χ4v) is 3.08. The maximum Gasteiger partial charge on any atom is 0.236 e. The first kappa shape index (κ1) is 15.5. The molecule has 0 aliphatic heterocycles. The van der Waals surface area contributed by atoms with Gasteiger partial charge in [-0.25, -0.2) is 9.61 Å². The lowest BCUT2D eigenvalue weighted by Gasteiger charge is -2.01. The number of amides is 1. The molecule has 0 aliphatic rings. The van der Waals surface area contributed by atoms with Crippen LogP contribution in [-0.2, 0) is 11.8 Å². The molecule has 0 saturated carbocycles. The van der Waals surface area contributed by atoms with Crippen LogP contribution in [0.3, 0.4) is 0 Å². The number of benzene rings is 1. The van der Waals surface area contributed by atoms with E-state index in [0.29, 0.717) is 16.7 Å². The number of nitrogens with zero attached hydrogens (tertiary/aromatic N) is 6. The van der Waals surface area contributed by atoms with Gasteiger partial charge in [0.2, 0.25) is 11.1 Å². The molecule has 0 radical (unpaired) electrons. The summed E-state index contributed by atoms with van der Waals surface area (Å²) in [4.78, 5) is 16.5. The minimum Gasteiger partial charge on any atom is -0.327 e. The number of hydrogen-bond donors (Lipinski definition) is 1. The van der Waals surface area contributed by atoms with E-state index >= 15 is 0 Å². The number of aromatic nitrogens is 6. The van der Waals surface area contributed by atoms with Crippen molar-refractivity contribution in [3.8, 4) is 0 Å². The first-order valence-electron chi connectivity index (χ1n) is 7.43. The van der Waals surface area contributed by atoms with E-state index in [4.69, 9.17) is 0 Å². The van der Waals surface area contributed by atoms with Crippen LogP contribution < -0.4 is 5.32 Å². The number of aryl methyl sites for hydroxylation is 2. The number of rotatable bonds is 4. The zero-order valence-corrected chi connectivity index (χ0v) is 14.2. The molecular weight excluding hydrogens is 342 g/mol. The third-order valence-corrected chi connectivity index (χ3v) is 4.57. The van der Waals surface area contributed by atoms with Gasteiger partial charge in [0.1, 0.15) is 11.2 Å². The largest absolute Gasteiger partial charge is 0.327 e. The molecule has 9 nitrogen and oxygen atoms in total. The van der Waals surface area contributed by atoms with Crippen molar-refractivity contribution in [2.45, 2.75) is 12.1 Å². The molecule has 0 unspecified atom stereocenters. The minimum absolute atomic E-state index is 0.128. The van der Waals surface area contributed by atoms with Crippen molar-refractivity contribution in [2.75, 3.05) is 11.1 Å². The lowest BCUT2D eigenvalue weighted by atomic mass is 10.2. The number of carbonyl (C=O) groups is 1. The molecule has 0 atom stereocenters. The lowest BCUT2D eigenvalue weighted by molar-refractivity contribution is -0.113. The maximum absolute atomic E-state index is 12.0. The van der Waals surface area contributed by atoms with E-state index in [1.165, 1.54) is 11.8 Å². The van der Waals surface area contributed by atoms with Crippen LogP contribution in [0.2, 0.25) is 0 Å². The van der Waals surface area contributed by atoms with Crippen molar-refractivity contribution in [2.24, 2.45) is 7.05 Å². The Balaban J connectivity index is 1.54. The molecule has 4 aromatic rings. The monoisotopic (exact) mass is 355 g/mol. The van der Waals surface area contributed by atoms with Crippen LogP contribution in [0.25, 0.3) is 22.1 Å². The number of nitrogens with one attached hydrogen (secondary N) is 1. The van der Waals surface area contributed by atoms with E-state index in [-0.39, 0.29) is 11.7 Å². The Hall–Kier alpha value is -3.01. The van der Waals surface area contributed by atoms with E-state index in [2.05, 4.69) is 35.4 Å². The molecule has 126 valence electrons. The standard InChI is InChI=1S/C15H13N7O2S/c1-8-13(21-24-20-8)16-11(23)7-25-15-17-14-12(18-19-15)9-5-3-4-6-10(9)22(14)2/h3-6H,7H2,1-2H3,(H,16,21,23). The Kier molecular flexibility index (Phi) is 3.80. The van der Waals surface area contributed by atoms with Gasteiger partial charge in [-0.3, -0.25) is 4.79 Å². The molecule has 1 amide bonds. The predicted molar refractivity (Wildman–Crippen MR) is 92.2 cm³/mol. The first-order valence-corrected chi connectivity index (χ1v) is 8.41. The Morgan fingerprint density at radius 1 is 1.28 bits per heavy atom. The highest BCUT2D eigenvalue weighted by molar-refractivity contribution is 7.99. The Morgan fingerprint density at radius 2 is 2.12 bits per heavy atom. The van der Waals surface area contributed by atoms with E-state index in [0.717, 1.165) is 22.1 Å². The smallest absolute Gasteiger partial charge is 0.236 e. The van der Waals surface area contributed by atoms with Crippen molar-refractivity contribution >= 4 is 45.6 Å². The summed E-state index contributed by atoms with van der Waals surface area (Å²) in [7, 11) is 1.93. The Bertz CT molecular complexity index is 1090. The normalized spacial score (nSPS) is 11.3. The molecule has 1 aromatic carbocycles. The molecule has 4 rings (SSSR count). The van der Waals surface area contributed by atoms with Gasteiger partial charge in [-0.05, 0) is 18.1 Å². The molecule has 0 spiro atoms. The Morgan fingerprint density at radius 3 is 2.92 bits per heavy atom. The summed E-state index contributed by atoms with van der Waals surface area (Å²) in [6, 6.07) is 7.92. The summed E-state index contributed by atoms with van der Waals surface area (Å²) in [6.07, 6.45) is 0.